The molecule has 0 radical (unpaired) electrons. The molecule has 0 aromatic rings. The molecule has 100 valence electrons. The van der Waals surface area contributed by atoms with E-state index in [9.17, 15) is 4.79 Å². The largest absolute Gasteiger partial charge is 0.378 e. The van der Waals surface area contributed by atoms with Gasteiger partial charge in [-0.25, -0.2) is 0 Å². The zero-order valence-corrected chi connectivity index (χ0v) is 11.7. The fourth-order valence-electron chi connectivity index (χ4n) is 2.44. The number of rotatable bonds is 5. The average Bonchev–Trinajstić information content (AvgIpc) is 2.28. The Morgan fingerprint density at radius 2 is 2.12 bits per heavy atom. The third kappa shape index (κ3) is 2.47. The normalized spacial score (nSPS) is 32.7. The number of carbonyl (C=O) groups is 1. The van der Waals surface area contributed by atoms with Crippen LogP contribution in [-0.2, 0) is 9.53 Å². The van der Waals surface area contributed by atoms with Crippen LogP contribution in [0, 0.1) is 5.41 Å². The molecule has 0 aromatic carbocycles. The smallest absolute Gasteiger partial charge is 0.237 e. The molecule has 1 amide bonds. The maximum absolute atomic E-state index is 11.8. The maximum Gasteiger partial charge on any atom is 0.237 e. The SMILES string of the molecule is CCCC(N)C(=O)NC1CC(C)(OC)C1(C)C. The molecule has 0 spiro atoms. The zero-order valence-electron chi connectivity index (χ0n) is 11.7. The van der Waals surface area contributed by atoms with Gasteiger partial charge in [-0.1, -0.05) is 27.2 Å². The van der Waals surface area contributed by atoms with Gasteiger partial charge in [0.1, 0.15) is 0 Å². The molecule has 1 rings (SSSR count). The van der Waals surface area contributed by atoms with Crippen LogP contribution in [0.15, 0.2) is 0 Å². The van der Waals surface area contributed by atoms with Crippen LogP contribution in [0.4, 0.5) is 0 Å². The number of hydrogen-bond donors (Lipinski definition) is 2. The summed E-state index contributed by atoms with van der Waals surface area (Å²) in [5, 5.41) is 3.04. The van der Waals surface area contributed by atoms with Crippen molar-refractivity contribution in [3.8, 4) is 0 Å². The van der Waals surface area contributed by atoms with Crippen LogP contribution >= 0.6 is 0 Å². The highest BCUT2D eigenvalue weighted by atomic mass is 16.5. The van der Waals surface area contributed by atoms with E-state index in [1.807, 2.05) is 6.92 Å². The second-order valence-corrected chi connectivity index (χ2v) is 5.82. The van der Waals surface area contributed by atoms with E-state index >= 15 is 0 Å². The summed E-state index contributed by atoms with van der Waals surface area (Å²) in [5.41, 5.74) is 5.59. The Morgan fingerprint density at radius 3 is 2.53 bits per heavy atom. The number of amides is 1. The number of carbonyl (C=O) groups excluding carboxylic acids is 1. The van der Waals surface area contributed by atoms with Gasteiger partial charge in [-0.3, -0.25) is 4.79 Å². The van der Waals surface area contributed by atoms with Gasteiger partial charge in [-0.2, -0.15) is 0 Å². The molecule has 0 heterocycles. The van der Waals surface area contributed by atoms with Crippen molar-refractivity contribution in [1.82, 2.24) is 5.32 Å². The fraction of sp³-hybridized carbons (Fsp3) is 0.923. The highest BCUT2D eigenvalue weighted by Gasteiger charge is 2.58. The van der Waals surface area contributed by atoms with E-state index in [0.29, 0.717) is 0 Å². The van der Waals surface area contributed by atoms with Crippen LogP contribution < -0.4 is 11.1 Å². The Hall–Kier alpha value is -0.610. The molecule has 0 saturated heterocycles. The number of nitrogens with two attached hydrogens (primary N) is 1. The molecule has 1 aliphatic rings. The van der Waals surface area contributed by atoms with Crippen LogP contribution in [0.25, 0.3) is 0 Å². The van der Waals surface area contributed by atoms with Gasteiger partial charge in [0.05, 0.1) is 11.6 Å². The summed E-state index contributed by atoms with van der Waals surface area (Å²) in [6, 6.07) is -0.229. The van der Waals surface area contributed by atoms with Crippen molar-refractivity contribution in [1.29, 1.82) is 0 Å². The van der Waals surface area contributed by atoms with E-state index in [1.165, 1.54) is 0 Å². The second kappa shape index (κ2) is 4.94. The first-order chi connectivity index (χ1) is 7.78. The van der Waals surface area contributed by atoms with E-state index in [2.05, 4.69) is 26.1 Å². The number of hydrogen-bond acceptors (Lipinski definition) is 3. The summed E-state index contributed by atoms with van der Waals surface area (Å²) in [4.78, 5) is 11.8. The standard InChI is InChI=1S/C13H26N2O2/c1-6-7-9(14)11(16)15-10-8-13(4,17-5)12(10,2)3/h9-10H,6-8,14H2,1-5H3,(H,15,16). The van der Waals surface area contributed by atoms with Crippen molar-refractivity contribution in [2.45, 2.75) is 64.6 Å². The first-order valence-corrected chi connectivity index (χ1v) is 6.39. The van der Waals surface area contributed by atoms with E-state index in [0.717, 1.165) is 19.3 Å². The van der Waals surface area contributed by atoms with Crippen LogP contribution in [0.2, 0.25) is 0 Å². The highest BCUT2D eigenvalue weighted by Crippen LogP contribution is 2.51. The second-order valence-electron chi connectivity index (χ2n) is 5.82. The van der Waals surface area contributed by atoms with Gasteiger partial charge in [-0.05, 0) is 19.8 Å². The Labute approximate surface area is 104 Å². The van der Waals surface area contributed by atoms with E-state index < -0.39 is 0 Å². The lowest BCUT2D eigenvalue weighted by Crippen LogP contribution is -2.69. The monoisotopic (exact) mass is 242 g/mol. The Bertz CT molecular complexity index is 291. The summed E-state index contributed by atoms with van der Waals surface area (Å²) in [6.45, 7) is 8.36. The summed E-state index contributed by atoms with van der Waals surface area (Å²) in [7, 11) is 1.72. The molecule has 3 unspecified atom stereocenters. The van der Waals surface area contributed by atoms with E-state index in [1.54, 1.807) is 7.11 Å². The predicted molar refractivity (Wildman–Crippen MR) is 68.6 cm³/mol. The third-order valence-electron chi connectivity index (χ3n) is 4.53. The molecule has 4 heteroatoms. The van der Waals surface area contributed by atoms with Crippen molar-refractivity contribution in [3.63, 3.8) is 0 Å². The quantitative estimate of drug-likeness (QED) is 0.766. The molecule has 0 bridgehead atoms. The summed E-state index contributed by atoms with van der Waals surface area (Å²) >= 11 is 0. The van der Waals surface area contributed by atoms with Crippen molar-refractivity contribution in [3.05, 3.63) is 0 Å². The minimum Gasteiger partial charge on any atom is -0.378 e. The molecule has 1 aliphatic carbocycles. The minimum atomic E-state index is -0.384. The first-order valence-electron chi connectivity index (χ1n) is 6.39. The molecule has 0 aromatic heterocycles. The molecule has 3 N–H and O–H groups in total. The lowest BCUT2D eigenvalue weighted by molar-refractivity contribution is -0.182. The molecule has 4 nitrogen and oxygen atoms in total. The van der Waals surface area contributed by atoms with Crippen LogP contribution in [0.5, 0.6) is 0 Å². The van der Waals surface area contributed by atoms with Crippen molar-refractivity contribution >= 4 is 5.91 Å². The van der Waals surface area contributed by atoms with Gasteiger partial charge in [-0.15, -0.1) is 0 Å². The highest BCUT2D eigenvalue weighted by molar-refractivity contribution is 5.82. The van der Waals surface area contributed by atoms with Crippen LogP contribution in [0.1, 0.15) is 47.0 Å². The van der Waals surface area contributed by atoms with E-state index in [-0.39, 0.29) is 29.0 Å². The molecule has 1 fully saturated rings. The van der Waals surface area contributed by atoms with Gasteiger partial charge in [0.2, 0.25) is 5.91 Å². The van der Waals surface area contributed by atoms with Gasteiger partial charge in [0.15, 0.2) is 0 Å². The third-order valence-corrected chi connectivity index (χ3v) is 4.53. The van der Waals surface area contributed by atoms with Crippen molar-refractivity contribution in [2.24, 2.45) is 11.1 Å². The lowest BCUT2D eigenvalue weighted by Gasteiger charge is -2.59. The van der Waals surface area contributed by atoms with E-state index in [4.69, 9.17) is 10.5 Å². The van der Waals surface area contributed by atoms with Gasteiger partial charge < -0.3 is 15.8 Å². The zero-order chi connectivity index (χ0) is 13.3. The average molecular weight is 242 g/mol. The van der Waals surface area contributed by atoms with Crippen molar-refractivity contribution < 1.29 is 9.53 Å². The Kier molecular flexibility index (Phi) is 4.20. The Morgan fingerprint density at radius 1 is 1.53 bits per heavy atom. The van der Waals surface area contributed by atoms with Crippen LogP contribution in [-0.4, -0.2) is 30.7 Å². The summed E-state index contributed by atoms with van der Waals surface area (Å²) in [6.07, 6.45) is 2.51. The molecule has 1 saturated carbocycles. The van der Waals surface area contributed by atoms with Gasteiger partial charge in [0, 0.05) is 18.6 Å². The minimum absolute atomic E-state index is 0.0388. The number of nitrogens with one attached hydrogen (secondary N) is 1. The number of ether oxygens (including phenoxy) is 1. The molecule has 3 atom stereocenters. The number of methoxy groups -OCH3 is 1. The fourth-order valence-corrected chi connectivity index (χ4v) is 2.44. The summed E-state index contributed by atoms with van der Waals surface area (Å²) < 4.78 is 5.53. The van der Waals surface area contributed by atoms with Crippen molar-refractivity contribution in [2.75, 3.05) is 7.11 Å². The molecular formula is C13H26N2O2. The molecule has 17 heavy (non-hydrogen) atoms. The molecule has 0 aliphatic heterocycles. The molecular weight excluding hydrogens is 216 g/mol. The first kappa shape index (κ1) is 14.5. The topological polar surface area (TPSA) is 64.4 Å². The van der Waals surface area contributed by atoms with Gasteiger partial charge >= 0.3 is 0 Å². The van der Waals surface area contributed by atoms with Gasteiger partial charge in [0.25, 0.3) is 0 Å². The lowest BCUT2D eigenvalue weighted by atomic mass is 9.56. The van der Waals surface area contributed by atoms with Crippen LogP contribution in [0.3, 0.4) is 0 Å². The predicted octanol–water partition coefficient (Wildman–Crippen LogP) is 1.43. The Balaban J connectivity index is 2.53. The summed E-state index contributed by atoms with van der Waals surface area (Å²) in [5.74, 6) is -0.0388. The maximum atomic E-state index is 11.8.